The number of imidazole rings is 1. The minimum Gasteiger partial charge on any atom is -0.352 e. The van der Waals surface area contributed by atoms with Crippen molar-refractivity contribution in [1.29, 1.82) is 0 Å². The van der Waals surface area contributed by atoms with Crippen LogP contribution in [0.1, 0.15) is 16.1 Å². The lowest BCUT2D eigenvalue weighted by atomic mass is 10.1. The average Bonchev–Trinajstić information content (AvgIpc) is 3.26. The fraction of sp³-hybridized carbons (Fsp3) is 0.118. The standard InChI is InChI=1S/C17H14N4O2S/c22-16(19-5-3-11-8-18-9-20-11)10-1-2-12-14(7-10)21-17(23)13-4-6-24-15(12)13/h1-2,4,6-9H,3,5H2,(H,18,20)(H,19,22)(H,21,23). The maximum absolute atomic E-state index is 12.3. The molecule has 3 N–H and O–H groups in total. The van der Waals surface area contributed by atoms with Crippen molar-refractivity contribution in [2.75, 3.05) is 6.54 Å². The molecule has 0 unspecified atom stereocenters. The summed E-state index contributed by atoms with van der Waals surface area (Å²) in [6.45, 7) is 0.513. The number of fused-ring (bicyclic) bond motifs is 3. The summed E-state index contributed by atoms with van der Waals surface area (Å²) in [6.07, 6.45) is 4.04. The number of carbonyl (C=O) groups excluding carboxylic acids is 1. The molecule has 0 aliphatic rings. The van der Waals surface area contributed by atoms with Crippen LogP contribution in [0.2, 0.25) is 0 Å². The number of rotatable bonds is 4. The van der Waals surface area contributed by atoms with E-state index in [1.165, 1.54) is 11.3 Å². The molecule has 0 radical (unpaired) electrons. The van der Waals surface area contributed by atoms with Crippen molar-refractivity contribution < 1.29 is 4.79 Å². The van der Waals surface area contributed by atoms with E-state index < -0.39 is 0 Å². The lowest BCUT2D eigenvalue weighted by molar-refractivity contribution is 0.0954. The molecule has 3 aromatic heterocycles. The second kappa shape index (κ2) is 5.93. The van der Waals surface area contributed by atoms with Gasteiger partial charge in [-0.25, -0.2) is 4.98 Å². The minimum absolute atomic E-state index is 0.129. The second-order valence-electron chi connectivity index (χ2n) is 5.46. The molecule has 6 nitrogen and oxygen atoms in total. The van der Waals surface area contributed by atoms with E-state index in [4.69, 9.17) is 0 Å². The first kappa shape index (κ1) is 14.6. The Morgan fingerprint density at radius 1 is 1.25 bits per heavy atom. The van der Waals surface area contributed by atoms with Gasteiger partial charge in [-0.05, 0) is 23.6 Å². The Hall–Kier alpha value is -2.93. The third-order valence-corrected chi connectivity index (χ3v) is 4.87. The van der Waals surface area contributed by atoms with E-state index in [2.05, 4.69) is 20.3 Å². The zero-order chi connectivity index (χ0) is 16.5. The molecule has 7 heteroatoms. The molecule has 4 rings (SSSR count). The number of H-pyrrole nitrogens is 2. The number of aromatic amines is 2. The van der Waals surface area contributed by atoms with E-state index >= 15 is 0 Å². The number of benzene rings is 1. The molecule has 0 fully saturated rings. The number of nitrogens with zero attached hydrogens (tertiary/aromatic N) is 1. The zero-order valence-electron chi connectivity index (χ0n) is 12.6. The van der Waals surface area contributed by atoms with E-state index in [9.17, 15) is 9.59 Å². The van der Waals surface area contributed by atoms with Gasteiger partial charge in [0, 0.05) is 40.5 Å². The van der Waals surface area contributed by atoms with Gasteiger partial charge in [0.1, 0.15) is 0 Å². The van der Waals surface area contributed by atoms with Crippen molar-refractivity contribution >= 4 is 38.2 Å². The Kier molecular flexibility index (Phi) is 3.62. The number of amides is 1. The first-order valence-electron chi connectivity index (χ1n) is 7.51. The molecule has 1 amide bonds. The lowest BCUT2D eigenvalue weighted by Gasteiger charge is -2.06. The number of thiophene rings is 1. The van der Waals surface area contributed by atoms with Crippen LogP contribution in [0.25, 0.3) is 21.0 Å². The van der Waals surface area contributed by atoms with Crippen LogP contribution in [0.4, 0.5) is 0 Å². The van der Waals surface area contributed by atoms with Crippen LogP contribution in [-0.4, -0.2) is 27.4 Å². The quantitative estimate of drug-likeness (QED) is 0.534. The summed E-state index contributed by atoms with van der Waals surface area (Å²) in [5, 5.41) is 6.41. The molecule has 0 aliphatic heterocycles. The Morgan fingerprint density at radius 2 is 2.17 bits per heavy atom. The van der Waals surface area contributed by atoms with Crippen LogP contribution in [0.5, 0.6) is 0 Å². The van der Waals surface area contributed by atoms with Gasteiger partial charge in [0.05, 0.1) is 17.2 Å². The monoisotopic (exact) mass is 338 g/mol. The highest BCUT2D eigenvalue weighted by Gasteiger charge is 2.10. The number of carbonyl (C=O) groups is 1. The van der Waals surface area contributed by atoms with Crippen LogP contribution in [0.3, 0.4) is 0 Å². The van der Waals surface area contributed by atoms with Gasteiger partial charge < -0.3 is 15.3 Å². The molecule has 4 aromatic rings. The third-order valence-electron chi connectivity index (χ3n) is 3.92. The molecule has 0 saturated heterocycles. The van der Waals surface area contributed by atoms with Gasteiger partial charge in [0.15, 0.2) is 0 Å². The van der Waals surface area contributed by atoms with Gasteiger partial charge in [-0.3, -0.25) is 9.59 Å². The predicted octanol–water partition coefficient (Wildman–Crippen LogP) is 2.44. The fourth-order valence-electron chi connectivity index (χ4n) is 2.71. The van der Waals surface area contributed by atoms with Crippen molar-refractivity contribution in [2.45, 2.75) is 6.42 Å². The summed E-state index contributed by atoms with van der Waals surface area (Å²) >= 11 is 1.53. The fourth-order valence-corrected chi connectivity index (χ4v) is 3.64. The van der Waals surface area contributed by atoms with Crippen LogP contribution >= 0.6 is 11.3 Å². The maximum atomic E-state index is 12.3. The van der Waals surface area contributed by atoms with Crippen LogP contribution in [-0.2, 0) is 6.42 Å². The molecule has 0 spiro atoms. The van der Waals surface area contributed by atoms with Gasteiger partial charge >= 0.3 is 0 Å². The topological polar surface area (TPSA) is 90.6 Å². The third kappa shape index (κ3) is 2.59. The molecule has 1 aromatic carbocycles. The van der Waals surface area contributed by atoms with Crippen molar-refractivity contribution in [1.82, 2.24) is 20.3 Å². The maximum Gasteiger partial charge on any atom is 0.257 e. The number of nitrogens with one attached hydrogen (secondary N) is 3. The summed E-state index contributed by atoms with van der Waals surface area (Å²) in [5.41, 5.74) is 2.05. The largest absolute Gasteiger partial charge is 0.352 e. The number of hydrogen-bond acceptors (Lipinski definition) is 4. The van der Waals surface area contributed by atoms with Gasteiger partial charge in [-0.15, -0.1) is 11.3 Å². The summed E-state index contributed by atoms with van der Waals surface area (Å²) in [7, 11) is 0. The summed E-state index contributed by atoms with van der Waals surface area (Å²) < 4.78 is 0.944. The first-order chi connectivity index (χ1) is 11.7. The molecule has 3 heterocycles. The number of pyridine rings is 1. The van der Waals surface area contributed by atoms with Gasteiger partial charge in [-0.1, -0.05) is 6.07 Å². The SMILES string of the molecule is O=C(NCCc1cnc[nH]1)c1ccc2c(c1)[nH]c(=O)c1ccsc12. The van der Waals surface area contributed by atoms with Crippen molar-refractivity contribution in [2.24, 2.45) is 0 Å². The van der Waals surface area contributed by atoms with Crippen molar-refractivity contribution in [3.63, 3.8) is 0 Å². The molecule has 0 atom stereocenters. The van der Waals surface area contributed by atoms with E-state index in [0.717, 1.165) is 15.8 Å². The van der Waals surface area contributed by atoms with Gasteiger partial charge in [-0.2, -0.15) is 0 Å². The molecule has 0 aliphatic carbocycles. The Balaban J connectivity index is 1.59. The first-order valence-corrected chi connectivity index (χ1v) is 8.39. The molecule has 0 saturated carbocycles. The second-order valence-corrected chi connectivity index (χ2v) is 6.38. The van der Waals surface area contributed by atoms with E-state index in [-0.39, 0.29) is 11.5 Å². The van der Waals surface area contributed by atoms with Crippen molar-refractivity contribution in [3.05, 3.63) is 63.8 Å². The lowest BCUT2D eigenvalue weighted by Crippen LogP contribution is -2.25. The molecular weight excluding hydrogens is 324 g/mol. The normalized spacial score (nSPS) is 11.2. The molecule has 0 bridgehead atoms. The highest BCUT2D eigenvalue weighted by atomic mass is 32.1. The Labute approximate surface area is 140 Å². The van der Waals surface area contributed by atoms with Gasteiger partial charge in [0.2, 0.25) is 0 Å². The number of hydrogen-bond donors (Lipinski definition) is 3. The van der Waals surface area contributed by atoms with Crippen LogP contribution in [0, 0.1) is 0 Å². The van der Waals surface area contributed by atoms with Gasteiger partial charge in [0.25, 0.3) is 11.5 Å². The Bertz CT molecular complexity index is 1080. The number of aromatic nitrogens is 3. The highest BCUT2D eigenvalue weighted by Crippen LogP contribution is 2.26. The highest BCUT2D eigenvalue weighted by molar-refractivity contribution is 7.18. The summed E-state index contributed by atoms with van der Waals surface area (Å²) in [6, 6.07) is 7.20. The molecular formula is C17H14N4O2S. The van der Waals surface area contributed by atoms with Crippen molar-refractivity contribution in [3.8, 4) is 0 Å². The smallest absolute Gasteiger partial charge is 0.257 e. The minimum atomic E-state index is -0.163. The molecule has 120 valence electrons. The van der Waals surface area contributed by atoms with E-state index in [1.807, 2.05) is 17.5 Å². The van der Waals surface area contributed by atoms with Crippen LogP contribution in [0.15, 0.2) is 47.0 Å². The predicted molar refractivity (Wildman–Crippen MR) is 94.6 cm³/mol. The Morgan fingerprint density at radius 3 is 3.00 bits per heavy atom. The van der Waals surface area contributed by atoms with E-state index in [0.29, 0.717) is 29.4 Å². The molecule has 24 heavy (non-hydrogen) atoms. The summed E-state index contributed by atoms with van der Waals surface area (Å²) in [5.74, 6) is -0.163. The summed E-state index contributed by atoms with van der Waals surface area (Å²) in [4.78, 5) is 34.2. The van der Waals surface area contributed by atoms with E-state index in [1.54, 1.807) is 24.7 Å². The van der Waals surface area contributed by atoms with Crippen LogP contribution < -0.4 is 10.9 Å². The zero-order valence-corrected chi connectivity index (χ0v) is 13.4. The average molecular weight is 338 g/mol.